The number of thiocarbonyl (C=S) groups is 1. The van der Waals surface area contributed by atoms with Crippen LogP contribution in [0.15, 0.2) is 46.7 Å². The van der Waals surface area contributed by atoms with E-state index in [4.69, 9.17) is 12.2 Å². The van der Waals surface area contributed by atoms with Crippen LogP contribution in [0.5, 0.6) is 0 Å². The molecule has 22 heavy (non-hydrogen) atoms. The predicted molar refractivity (Wildman–Crippen MR) is 90.7 cm³/mol. The Hall–Kier alpha value is -1.96. The molecule has 1 saturated heterocycles. The van der Waals surface area contributed by atoms with Gasteiger partial charge in [-0.3, -0.25) is 9.69 Å². The molecule has 0 N–H and O–H groups in total. The summed E-state index contributed by atoms with van der Waals surface area (Å²) in [6.45, 7) is 0. The second kappa shape index (κ2) is 6.04. The van der Waals surface area contributed by atoms with Crippen molar-refractivity contribution in [2.45, 2.75) is 0 Å². The van der Waals surface area contributed by atoms with Gasteiger partial charge in [-0.15, -0.1) is 11.3 Å². The quantitative estimate of drug-likeness (QED) is 0.631. The number of carbonyl (C=O) groups is 2. The largest absolute Gasteiger partial charge is 0.545 e. The highest BCUT2D eigenvalue weighted by Gasteiger charge is 2.33. The van der Waals surface area contributed by atoms with Crippen molar-refractivity contribution >= 4 is 63.3 Å². The molecule has 1 aliphatic heterocycles. The summed E-state index contributed by atoms with van der Waals surface area (Å²) in [5.74, 6) is -1.46. The SMILES string of the molecule is O=C([O-])c1ccc(N2C(=O)C(=Cc3cccs3)SC2=S)cc1. The molecule has 0 unspecified atom stereocenters. The Morgan fingerprint density at radius 1 is 1.23 bits per heavy atom. The minimum absolute atomic E-state index is 0.0586. The van der Waals surface area contributed by atoms with Crippen LogP contribution in [0.3, 0.4) is 0 Å². The Kier molecular flexibility index (Phi) is 4.10. The van der Waals surface area contributed by atoms with E-state index in [0.29, 0.717) is 14.9 Å². The number of hydrogen-bond acceptors (Lipinski definition) is 6. The molecule has 0 saturated carbocycles. The highest BCUT2D eigenvalue weighted by Crippen LogP contribution is 2.36. The van der Waals surface area contributed by atoms with Gasteiger partial charge < -0.3 is 9.90 Å². The van der Waals surface area contributed by atoms with Gasteiger partial charge in [0.05, 0.1) is 16.6 Å². The van der Waals surface area contributed by atoms with E-state index >= 15 is 0 Å². The van der Waals surface area contributed by atoms with Gasteiger partial charge in [0, 0.05) is 4.88 Å². The molecule has 1 amide bonds. The zero-order chi connectivity index (χ0) is 15.7. The molecule has 0 aliphatic carbocycles. The molecule has 1 fully saturated rings. The zero-order valence-corrected chi connectivity index (χ0v) is 13.5. The number of amides is 1. The van der Waals surface area contributed by atoms with Gasteiger partial charge in [-0.05, 0) is 35.2 Å². The van der Waals surface area contributed by atoms with Gasteiger partial charge in [-0.2, -0.15) is 0 Å². The molecule has 0 radical (unpaired) electrons. The summed E-state index contributed by atoms with van der Waals surface area (Å²) in [7, 11) is 0. The van der Waals surface area contributed by atoms with Crippen molar-refractivity contribution < 1.29 is 14.7 Å². The maximum absolute atomic E-state index is 12.5. The number of anilines is 1. The molecule has 1 aromatic heterocycles. The number of benzene rings is 1. The topological polar surface area (TPSA) is 60.4 Å². The number of carboxylic acid groups (broad SMARTS) is 1. The smallest absolute Gasteiger partial charge is 0.270 e. The van der Waals surface area contributed by atoms with Gasteiger partial charge in [0.25, 0.3) is 5.91 Å². The molecule has 1 aliphatic rings. The fourth-order valence-corrected chi connectivity index (χ4v) is 3.96. The summed E-state index contributed by atoms with van der Waals surface area (Å²) in [6, 6.07) is 9.72. The monoisotopic (exact) mass is 346 g/mol. The molecule has 0 bridgehead atoms. The maximum Gasteiger partial charge on any atom is 0.270 e. The Bertz CT molecular complexity index is 779. The molecule has 110 valence electrons. The van der Waals surface area contributed by atoms with Crippen LogP contribution in [-0.4, -0.2) is 16.2 Å². The van der Waals surface area contributed by atoms with Crippen molar-refractivity contribution in [2.24, 2.45) is 0 Å². The fourth-order valence-electron chi connectivity index (χ4n) is 1.94. The molecule has 4 nitrogen and oxygen atoms in total. The first kappa shape index (κ1) is 15.0. The fraction of sp³-hybridized carbons (Fsp3) is 0. The second-order valence-corrected chi connectivity index (χ2v) is 7.02. The lowest BCUT2D eigenvalue weighted by atomic mass is 10.2. The zero-order valence-electron chi connectivity index (χ0n) is 11.0. The van der Waals surface area contributed by atoms with Crippen LogP contribution in [0.4, 0.5) is 5.69 Å². The molecule has 0 atom stereocenters. The normalized spacial score (nSPS) is 16.5. The van der Waals surface area contributed by atoms with Gasteiger partial charge in [0.2, 0.25) is 0 Å². The molecule has 2 heterocycles. The standard InChI is InChI=1S/C15H9NO3S3/c17-13-12(8-11-2-1-7-21-11)22-15(20)16(13)10-5-3-9(4-6-10)14(18)19/h1-8H,(H,18,19)/p-1. The second-order valence-electron chi connectivity index (χ2n) is 4.37. The molecule has 0 spiro atoms. The van der Waals surface area contributed by atoms with Gasteiger partial charge in [0.1, 0.15) is 0 Å². The molecule has 7 heteroatoms. The van der Waals surface area contributed by atoms with E-state index in [1.165, 1.54) is 40.1 Å². The summed E-state index contributed by atoms with van der Waals surface area (Å²) in [5.41, 5.74) is 0.602. The maximum atomic E-state index is 12.5. The van der Waals surface area contributed by atoms with E-state index in [1.54, 1.807) is 18.2 Å². The number of aromatic carboxylic acids is 1. The summed E-state index contributed by atoms with van der Waals surface area (Å²) in [4.78, 5) is 26.2. The highest BCUT2D eigenvalue weighted by molar-refractivity contribution is 8.27. The number of hydrogen-bond donors (Lipinski definition) is 0. The van der Waals surface area contributed by atoms with Gasteiger partial charge in [0.15, 0.2) is 4.32 Å². The van der Waals surface area contributed by atoms with E-state index < -0.39 is 5.97 Å². The van der Waals surface area contributed by atoms with E-state index in [2.05, 4.69) is 0 Å². The van der Waals surface area contributed by atoms with Crippen LogP contribution in [0.2, 0.25) is 0 Å². The third-order valence-corrected chi connectivity index (χ3v) is 5.09. The van der Waals surface area contributed by atoms with E-state index in [0.717, 1.165) is 4.88 Å². The first-order valence-corrected chi connectivity index (χ1v) is 8.29. The third kappa shape index (κ3) is 2.83. The van der Waals surface area contributed by atoms with Gasteiger partial charge >= 0.3 is 0 Å². The van der Waals surface area contributed by atoms with Crippen LogP contribution in [0.1, 0.15) is 15.2 Å². The number of carbonyl (C=O) groups excluding carboxylic acids is 2. The Labute approximate surface area is 140 Å². The lowest BCUT2D eigenvalue weighted by molar-refractivity contribution is -0.255. The van der Waals surface area contributed by atoms with Crippen molar-refractivity contribution in [1.29, 1.82) is 0 Å². The minimum atomic E-state index is -1.26. The number of thiophene rings is 1. The van der Waals surface area contributed by atoms with E-state index in [-0.39, 0.29) is 11.5 Å². The summed E-state index contributed by atoms with van der Waals surface area (Å²) < 4.78 is 0.425. The van der Waals surface area contributed by atoms with Crippen LogP contribution >= 0.6 is 35.3 Å². The third-order valence-electron chi connectivity index (χ3n) is 2.97. The van der Waals surface area contributed by atoms with E-state index in [9.17, 15) is 14.7 Å². The Morgan fingerprint density at radius 2 is 1.95 bits per heavy atom. The number of nitrogens with zero attached hydrogens (tertiary/aromatic N) is 1. The molecule has 1 aromatic carbocycles. The Morgan fingerprint density at radius 3 is 2.55 bits per heavy atom. The van der Waals surface area contributed by atoms with Crippen molar-refractivity contribution in [2.75, 3.05) is 4.90 Å². The minimum Gasteiger partial charge on any atom is -0.545 e. The van der Waals surface area contributed by atoms with Crippen molar-refractivity contribution in [3.63, 3.8) is 0 Å². The van der Waals surface area contributed by atoms with Crippen LogP contribution < -0.4 is 10.0 Å². The van der Waals surface area contributed by atoms with E-state index in [1.807, 2.05) is 17.5 Å². The van der Waals surface area contributed by atoms with Crippen LogP contribution in [0.25, 0.3) is 6.08 Å². The van der Waals surface area contributed by atoms with Crippen molar-refractivity contribution in [1.82, 2.24) is 0 Å². The summed E-state index contributed by atoms with van der Waals surface area (Å²) in [6.07, 6.45) is 1.81. The highest BCUT2D eigenvalue weighted by atomic mass is 32.2. The summed E-state index contributed by atoms with van der Waals surface area (Å²) in [5, 5.41) is 12.7. The lowest BCUT2D eigenvalue weighted by Gasteiger charge is -2.15. The summed E-state index contributed by atoms with van der Waals surface area (Å²) >= 11 is 8.03. The Balaban J connectivity index is 1.90. The molecule has 2 aromatic rings. The lowest BCUT2D eigenvalue weighted by Crippen LogP contribution is -2.28. The molecular weight excluding hydrogens is 338 g/mol. The number of thioether (sulfide) groups is 1. The first-order chi connectivity index (χ1) is 10.6. The number of rotatable bonds is 3. The van der Waals surface area contributed by atoms with Crippen molar-refractivity contribution in [3.05, 3.63) is 57.1 Å². The van der Waals surface area contributed by atoms with Crippen LogP contribution in [0, 0.1) is 0 Å². The van der Waals surface area contributed by atoms with Gasteiger partial charge in [-0.25, -0.2) is 0 Å². The average molecular weight is 346 g/mol. The molecular formula is C15H8NO3S3-. The van der Waals surface area contributed by atoms with Gasteiger partial charge in [-0.1, -0.05) is 42.2 Å². The predicted octanol–water partition coefficient (Wildman–Crippen LogP) is 2.52. The van der Waals surface area contributed by atoms with Crippen molar-refractivity contribution in [3.8, 4) is 0 Å². The number of carboxylic acids is 1. The van der Waals surface area contributed by atoms with Crippen LogP contribution in [-0.2, 0) is 4.79 Å². The first-order valence-electron chi connectivity index (χ1n) is 6.19. The molecule has 3 rings (SSSR count). The average Bonchev–Trinajstić information content (AvgIpc) is 3.09.